The normalized spacial score (nSPS) is 11.0. The third kappa shape index (κ3) is 4.09. The molecule has 0 aromatic heterocycles. The lowest BCUT2D eigenvalue weighted by Gasteiger charge is -2.19. The van der Waals surface area contributed by atoms with Gasteiger partial charge in [-0.3, -0.25) is 0 Å². The highest BCUT2D eigenvalue weighted by atomic mass is 19.2. The van der Waals surface area contributed by atoms with Gasteiger partial charge in [0.25, 0.3) is 0 Å². The Labute approximate surface area is 222 Å². The van der Waals surface area contributed by atoms with Crippen LogP contribution >= 0.6 is 0 Å². The first kappa shape index (κ1) is 26.6. The number of halogens is 8. The summed E-state index contributed by atoms with van der Waals surface area (Å²) in [5.74, 6) is -15.8. The lowest BCUT2D eigenvalue weighted by molar-refractivity contribution is 0.412. The van der Waals surface area contributed by atoms with E-state index < -0.39 is 85.5 Å². The molecule has 0 atom stereocenters. The molecule has 0 unspecified atom stereocenters. The van der Waals surface area contributed by atoms with Gasteiger partial charge in [-0.15, -0.1) is 0 Å². The molecule has 0 aliphatic carbocycles. The maximum absolute atomic E-state index is 15.4. The third-order valence-electron chi connectivity index (χ3n) is 6.37. The van der Waals surface area contributed by atoms with Crippen molar-refractivity contribution >= 4 is 0 Å². The molecule has 0 aliphatic heterocycles. The highest BCUT2D eigenvalue weighted by Crippen LogP contribution is 2.45. The van der Waals surface area contributed by atoms with Gasteiger partial charge in [0.05, 0.1) is 5.56 Å². The van der Waals surface area contributed by atoms with Crippen LogP contribution in [0.15, 0.2) is 78.9 Å². The fourth-order valence-corrected chi connectivity index (χ4v) is 4.61. The Balaban J connectivity index is 1.93. The summed E-state index contributed by atoms with van der Waals surface area (Å²) in [6, 6.07) is 18.8. The van der Waals surface area contributed by atoms with E-state index in [0.717, 1.165) is 18.2 Å². The molecule has 0 N–H and O–H groups in total. The summed E-state index contributed by atoms with van der Waals surface area (Å²) in [5, 5.41) is 10.1. The van der Waals surface area contributed by atoms with Crippen molar-refractivity contribution < 1.29 is 35.1 Å². The summed E-state index contributed by atoms with van der Waals surface area (Å²) < 4.78 is 119. The first-order chi connectivity index (χ1) is 19.2. The maximum Gasteiger partial charge on any atom is 0.198 e. The van der Waals surface area contributed by atoms with Gasteiger partial charge in [-0.1, -0.05) is 78.9 Å². The van der Waals surface area contributed by atoms with Crippen molar-refractivity contribution in [2.45, 2.75) is 0 Å². The van der Waals surface area contributed by atoms with E-state index >= 15 is 17.6 Å². The lowest BCUT2D eigenvalue weighted by atomic mass is 9.85. The molecule has 0 radical (unpaired) electrons. The Morgan fingerprint density at radius 2 is 0.700 bits per heavy atom. The minimum Gasteiger partial charge on any atom is -0.203 e. The summed E-state index contributed by atoms with van der Waals surface area (Å²) in [6.07, 6.45) is 0. The van der Waals surface area contributed by atoms with Crippen molar-refractivity contribution in [3.8, 4) is 50.6 Å². The molecule has 0 amide bonds. The van der Waals surface area contributed by atoms with E-state index in [-0.39, 0.29) is 11.1 Å². The summed E-state index contributed by atoms with van der Waals surface area (Å²) >= 11 is 0. The van der Waals surface area contributed by atoms with E-state index in [1.54, 1.807) is 6.07 Å². The molecule has 9 heteroatoms. The van der Waals surface area contributed by atoms with Crippen molar-refractivity contribution in [1.29, 1.82) is 5.26 Å². The molecule has 0 heterocycles. The SMILES string of the molecule is N#Cc1c(-c2c(F)c(F)c(F)c(F)c2-c2ccccc2)cccc1-c1c(F)c(F)c(F)c(F)c1-c1ccccc1. The Bertz CT molecular complexity index is 1700. The second-order valence-electron chi connectivity index (χ2n) is 8.58. The van der Waals surface area contributed by atoms with Crippen LogP contribution in [0.25, 0.3) is 44.5 Å². The zero-order valence-electron chi connectivity index (χ0n) is 20.0. The molecule has 0 aliphatic rings. The first-order valence-electron chi connectivity index (χ1n) is 11.6. The molecule has 0 spiro atoms. The van der Waals surface area contributed by atoms with Crippen molar-refractivity contribution in [1.82, 2.24) is 0 Å². The van der Waals surface area contributed by atoms with Gasteiger partial charge in [0.15, 0.2) is 46.5 Å². The Morgan fingerprint density at radius 3 is 1.02 bits per heavy atom. The number of rotatable bonds is 4. The molecule has 5 aromatic carbocycles. The molecule has 0 bridgehead atoms. The molecule has 0 fully saturated rings. The zero-order chi connectivity index (χ0) is 28.7. The van der Waals surface area contributed by atoms with Crippen LogP contribution in [0, 0.1) is 57.9 Å². The van der Waals surface area contributed by atoms with Gasteiger partial charge in [-0.25, -0.2) is 35.1 Å². The number of nitrogens with zero attached hydrogens (tertiary/aromatic N) is 1. The molecular weight excluding hydrogens is 538 g/mol. The molecule has 0 saturated carbocycles. The average Bonchev–Trinajstić information content (AvgIpc) is 2.99. The van der Waals surface area contributed by atoms with Gasteiger partial charge >= 0.3 is 0 Å². The van der Waals surface area contributed by atoms with Gasteiger partial charge in [-0.05, 0) is 11.1 Å². The van der Waals surface area contributed by atoms with Gasteiger partial charge in [-0.2, -0.15) is 5.26 Å². The largest absolute Gasteiger partial charge is 0.203 e. The van der Waals surface area contributed by atoms with Gasteiger partial charge in [0.2, 0.25) is 0 Å². The molecule has 198 valence electrons. The van der Waals surface area contributed by atoms with Crippen molar-refractivity contribution in [2.24, 2.45) is 0 Å². The second-order valence-corrected chi connectivity index (χ2v) is 8.58. The molecule has 0 saturated heterocycles. The number of benzene rings is 5. The van der Waals surface area contributed by atoms with Crippen LogP contribution in [0.2, 0.25) is 0 Å². The molecular formula is C31H13F8N. The van der Waals surface area contributed by atoms with E-state index in [1.165, 1.54) is 60.7 Å². The zero-order valence-corrected chi connectivity index (χ0v) is 20.0. The molecule has 40 heavy (non-hydrogen) atoms. The van der Waals surface area contributed by atoms with Crippen LogP contribution < -0.4 is 0 Å². The highest BCUT2D eigenvalue weighted by molar-refractivity contribution is 5.94. The van der Waals surface area contributed by atoms with Crippen LogP contribution in [0.1, 0.15) is 5.56 Å². The minimum absolute atomic E-state index is 0.0860. The third-order valence-corrected chi connectivity index (χ3v) is 6.37. The first-order valence-corrected chi connectivity index (χ1v) is 11.6. The Morgan fingerprint density at radius 1 is 0.375 bits per heavy atom. The standard InChI is InChI=1S/C31H13F8N/c32-24-20(15-8-3-1-4-9-15)22(26(34)30(38)28(24)36)17-12-7-13-18(19(17)14-40)23-21(16-10-5-2-6-11-16)25(33)29(37)31(39)27(23)35/h1-13H. The van der Waals surface area contributed by atoms with E-state index in [2.05, 4.69) is 0 Å². The van der Waals surface area contributed by atoms with Gasteiger partial charge in [0, 0.05) is 33.4 Å². The average molecular weight is 551 g/mol. The van der Waals surface area contributed by atoms with E-state index in [0.29, 0.717) is 0 Å². The number of hydrogen-bond acceptors (Lipinski definition) is 1. The van der Waals surface area contributed by atoms with E-state index in [4.69, 9.17) is 0 Å². The highest BCUT2D eigenvalue weighted by Gasteiger charge is 2.32. The fourth-order valence-electron chi connectivity index (χ4n) is 4.61. The van der Waals surface area contributed by atoms with Crippen LogP contribution in [0.3, 0.4) is 0 Å². The van der Waals surface area contributed by atoms with Gasteiger partial charge in [0.1, 0.15) is 6.07 Å². The van der Waals surface area contributed by atoms with Crippen molar-refractivity contribution in [3.63, 3.8) is 0 Å². The summed E-state index contributed by atoms with van der Waals surface area (Å²) in [4.78, 5) is 0. The van der Waals surface area contributed by atoms with Crippen LogP contribution in [-0.2, 0) is 0 Å². The summed E-state index contributed by atoms with van der Waals surface area (Å²) in [5.41, 5.74) is -5.15. The topological polar surface area (TPSA) is 23.8 Å². The predicted octanol–water partition coefficient (Wildman–Crippen LogP) is 9.34. The van der Waals surface area contributed by atoms with Gasteiger partial charge < -0.3 is 0 Å². The summed E-state index contributed by atoms with van der Waals surface area (Å²) in [7, 11) is 0. The lowest BCUT2D eigenvalue weighted by Crippen LogP contribution is -2.06. The molecule has 1 nitrogen and oxygen atoms in total. The molecule has 5 rings (SSSR count). The quantitative estimate of drug-likeness (QED) is 0.124. The van der Waals surface area contributed by atoms with Crippen LogP contribution in [0.5, 0.6) is 0 Å². The second kappa shape index (κ2) is 10.3. The Hall–Kier alpha value is -4.97. The summed E-state index contributed by atoms with van der Waals surface area (Å²) in [6.45, 7) is 0. The van der Waals surface area contributed by atoms with Crippen LogP contribution in [-0.4, -0.2) is 0 Å². The van der Waals surface area contributed by atoms with Crippen LogP contribution in [0.4, 0.5) is 35.1 Å². The fraction of sp³-hybridized carbons (Fsp3) is 0. The van der Waals surface area contributed by atoms with Crippen molar-refractivity contribution in [3.05, 3.63) is 131 Å². The molecule has 5 aromatic rings. The predicted molar refractivity (Wildman–Crippen MR) is 133 cm³/mol. The Kier molecular flexibility index (Phi) is 6.86. The van der Waals surface area contributed by atoms with E-state index in [9.17, 15) is 22.8 Å². The minimum atomic E-state index is -2.17. The number of nitriles is 1. The van der Waals surface area contributed by atoms with Crippen molar-refractivity contribution in [2.75, 3.05) is 0 Å². The van der Waals surface area contributed by atoms with E-state index in [1.807, 2.05) is 0 Å². The maximum atomic E-state index is 15.4. The number of hydrogen-bond donors (Lipinski definition) is 0. The smallest absolute Gasteiger partial charge is 0.198 e. The monoisotopic (exact) mass is 551 g/mol.